The molecule has 3 N–H and O–H groups in total. The number of aliphatic hydroxyl groups is 1. The second kappa shape index (κ2) is 5.27. The maximum atomic E-state index is 11.7. The molecule has 0 radical (unpaired) electrons. The molecule has 1 rings (SSSR count). The van der Waals surface area contributed by atoms with E-state index in [1.165, 1.54) is 0 Å². The topological polar surface area (TPSA) is 86.6 Å². The summed E-state index contributed by atoms with van der Waals surface area (Å²) < 4.78 is 0. The number of aryl methyl sites for hydroxylation is 1. The van der Waals surface area contributed by atoms with Crippen LogP contribution in [-0.2, 0) is 4.79 Å². The number of carbonyl (C=O) groups is 2. The monoisotopic (exact) mass is 223 g/mol. The van der Waals surface area contributed by atoms with Gasteiger partial charge in [0.2, 0.25) is 0 Å². The van der Waals surface area contributed by atoms with E-state index in [2.05, 4.69) is 5.32 Å². The summed E-state index contributed by atoms with van der Waals surface area (Å²) in [6.07, 6.45) is 0. The third-order valence-electron chi connectivity index (χ3n) is 2.18. The standard InChI is InChI=1S/C11H13NO4/c1-7-4-2-3-5-8(7)10(14)12-9(6-13)11(15)16/h2-5,9,13H,6H2,1H3,(H,12,14)(H,15,16). The fourth-order valence-electron chi connectivity index (χ4n) is 1.25. The lowest BCUT2D eigenvalue weighted by Crippen LogP contribution is -2.43. The molecule has 0 spiro atoms. The molecule has 5 nitrogen and oxygen atoms in total. The molecule has 0 saturated heterocycles. The Balaban J connectivity index is 2.80. The van der Waals surface area contributed by atoms with E-state index in [9.17, 15) is 9.59 Å². The predicted molar refractivity (Wildman–Crippen MR) is 57.2 cm³/mol. The molecule has 0 aliphatic rings. The average Bonchev–Trinajstić information content (AvgIpc) is 2.25. The fraction of sp³-hybridized carbons (Fsp3) is 0.273. The molecule has 86 valence electrons. The summed E-state index contributed by atoms with van der Waals surface area (Å²) >= 11 is 0. The predicted octanol–water partition coefficient (Wildman–Crippen LogP) is 0.170. The zero-order chi connectivity index (χ0) is 12.1. The lowest BCUT2D eigenvalue weighted by Gasteiger charge is -2.12. The van der Waals surface area contributed by atoms with Gasteiger partial charge in [-0.15, -0.1) is 0 Å². The minimum absolute atomic E-state index is 0.405. The van der Waals surface area contributed by atoms with Gasteiger partial charge in [0.05, 0.1) is 6.61 Å². The van der Waals surface area contributed by atoms with Crippen molar-refractivity contribution in [1.82, 2.24) is 5.32 Å². The first kappa shape index (κ1) is 12.2. The van der Waals surface area contributed by atoms with Crippen LogP contribution in [0.2, 0.25) is 0 Å². The van der Waals surface area contributed by atoms with E-state index in [-0.39, 0.29) is 0 Å². The molecule has 1 atom stereocenters. The van der Waals surface area contributed by atoms with Crippen molar-refractivity contribution in [2.75, 3.05) is 6.61 Å². The van der Waals surface area contributed by atoms with Crippen LogP contribution in [0.3, 0.4) is 0 Å². The van der Waals surface area contributed by atoms with Crippen LogP contribution < -0.4 is 5.32 Å². The summed E-state index contributed by atoms with van der Waals surface area (Å²) in [5, 5.41) is 19.7. The van der Waals surface area contributed by atoms with Crippen molar-refractivity contribution in [3.05, 3.63) is 35.4 Å². The number of carbonyl (C=O) groups excluding carboxylic acids is 1. The number of hydrogen-bond acceptors (Lipinski definition) is 3. The highest BCUT2D eigenvalue weighted by Gasteiger charge is 2.19. The molecule has 5 heteroatoms. The highest BCUT2D eigenvalue weighted by atomic mass is 16.4. The van der Waals surface area contributed by atoms with Crippen LogP contribution in [0, 0.1) is 6.92 Å². The molecule has 0 bridgehead atoms. The molecule has 1 aromatic carbocycles. The summed E-state index contributed by atoms with van der Waals surface area (Å²) in [5.74, 6) is -1.76. The zero-order valence-corrected chi connectivity index (χ0v) is 8.80. The Morgan fingerprint density at radius 3 is 2.50 bits per heavy atom. The van der Waals surface area contributed by atoms with Gasteiger partial charge in [-0.3, -0.25) is 4.79 Å². The summed E-state index contributed by atoms with van der Waals surface area (Å²) in [6.45, 7) is 1.12. The van der Waals surface area contributed by atoms with Crippen molar-refractivity contribution in [1.29, 1.82) is 0 Å². The maximum Gasteiger partial charge on any atom is 0.328 e. The van der Waals surface area contributed by atoms with Crippen molar-refractivity contribution in [3.63, 3.8) is 0 Å². The first-order chi connectivity index (χ1) is 7.56. The Morgan fingerprint density at radius 2 is 2.00 bits per heavy atom. The van der Waals surface area contributed by atoms with Crippen LogP contribution in [0.4, 0.5) is 0 Å². The first-order valence-electron chi connectivity index (χ1n) is 4.76. The number of benzene rings is 1. The number of carboxylic acids is 1. The molecule has 0 aliphatic carbocycles. The van der Waals surface area contributed by atoms with Crippen LogP contribution in [0.25, 0.3) is 0 Å². The molecule has 0 fully saturated rings. The largest absolute Gasteiger partial charge is 0.480 e. The van der Waals surface area contributed by atoms with E-state index in [1.54, 1.807) is 31.2 Å². The molecule has 0 saturated carbocycles. The third-order valence-corrected chi connectivity index (χ3v) is 2.18. The van der Waals surface area contributed by atoms with Crippen LogP contribution in [-0.4, -0.2) is 34.7 Å². The summed E-state index contributed by atoms with van der Waals surface area (Å²) in [6, 6.07) is 5.56. The molecule has 0 aromatic heterocycles. The number of hydrogen-bond donors (Lipinski definition) is 3. The van der Waals surface area contributed by atoms with Crippen molar-refractivity contribution in [2.24, 2.45) is 0 Å². The molecule has 1 aromatic rings. The Hall–Kier alpha value is -1.88. The zero-order valence-electron chi connectivity index (χ0n) is 8.80. The molecular weight excluding hydrogens is 210 g/mol. The lowest BCUT2D eigenvalue weighted by atomic mass is 10.1. The number of amides is 1. The third kappa shape index (κ3) is 2.80. The van der Waals surface area contributed by atoms with Gasteiger partial charge in [0.25, 0.3) is 5.91 Å². The van der Waals surface area contributed by atoms with Gasteiger partial charge >= 0.3 is 5.97 Å². The smallest absolute Gasteiger partial charge is 0.328 e. The number of aliphatic carboxylic acids is 1. The maximum absolute atomic E-state index is 11.7. The van der Waals surface area contributed by atoms with Crippen molar-refractivity contribution in [2.45, 2.75) is 13.0 Å². The van der Waals surface area contributed by atoms with E-state index in [0.29, 0.717) is 5.56 Å². The van der Waals surface area contributed by atoms with Gasteiger partial charge in [0.15, 0.2) is 6.04 Å². The number of aliphatic hydroxyl groups excluding tert-OH is 1. The number of rotatable bonds is 4. The van der Waals surface area contributed by atoms with Crippen molar-refractivity contribution < 1.29 is 19.8 Å². The Labute approximate surface area is 92.7 Å². The van der Waals surface area contributed by atoms with Gasteiger partial charge in [-0.25, -0.2) is 4.79 Å². The van der Waals surface area contributed by atoms with E-state index < -0.39 is 24.5 Å². The summed E-state index contributed by atoms with van der Waals surface area (Å²) in [7, 11) is 0. The minimum atomic E-state index is -1.27. The molecule has 16 heavy (non-hydrogen) atoms. The van der Waals surface area contributed by atoms with Gasteiger partial charge in [0, 0.05) is 5.56 Å². The minimum Gasteiger partial charge on any atom is -0.480 e. The van der Waals surface area contributed by atoms with Gasteiger partial charge in [0.1, 0.15) is 0 Å². The van der Waals surface area contributed by atoms with Gasteiger partial charge in [-0.2, -0.15) is 0 Å². The number of carboxylic acid groups (broad SMARTS) is 1. The highest BCUT2D eigenvalue weighted by molar-refractivity contribution is 5.97. The van der Waals surface area contributed by atoms with E-state index >= 15 is 0 Å². The second-order valence-electron chi connectivity index (χ2n) is 3.36. The first-order valence-corrected chi connectivity index (χ1v) is 4.76. The van der Waals surface area contributed by atoms with Gasteiger partial charge in [-0.1, -0.05) is 18.2 Å². The summed E-state index contributed by atoms with van der Waals surface area (Å²) in [4.78, 5) is 22.3. The highest BCUT2D eigenvalue weighted by Crippen LogP contribution is 2.06. The molecule has 0 aliphatic heterocycles. The van der Waals surface area contributed by atoms with E-state index in [0.717, 1.165) is 5.56 Å². The van der Waals surface area contributed by atoms with Gasteiger partial charge < -0.3 is 15.5 Å². The Kier molecular flexibility index (Phi) is 4.02. The van der Waals surface area contributed by atoms with E-state index in [4.69, 9.17) is 10.2 Å². The molecule has 1 amide bonds. The quantitative estimate of drug-likeness (QED) is 0.679. The Morgan fingerprint density at radius 1 is 1.38 bits per heavy atom. The van der Waals surface area contributed by atoms with Crippen LogP contribution >= 0.6 is 0 Å². The Bertz CT molecular complexity index is 403. The van der Waals surface area contributed by atoms with Crippen LogP contribution in [0.1, 0.15) is 15.9 Å². The summed E-state index contributed by atoms with van der Waals surface area (Å²) in [5.41, 5.74) is 1.16. The fourth-order valence-corrected chi connectivity index (χ4v) is 1.25. The number of nitrogens with one attached hydrogen (secondary N) is 1. The van der Waals surface area contributed by atoms with Crippen molar-refractivity contribution >= 4 is 11.9 Å². The van der Waals surface area contributed by atoms with Crippen LogP contribution in [0.15, 0.2) is 24.3 Å². The van der Waals surface area contributed by atoms with Gasteiger partial charge in [-0.05, 0) is 18.6 Å². The van der Waals surface area contributed by atoms with Crippen LogP contribution in [0.5, 0.6) is 0 Å². The van der Waals surface area contributed by atoms with E-state index in [1.807, 2.05) is 0 Å². The lowest BCUT2D eigenvalue weighted by molar-refractivity contribution is -0.140. The molecule has 1 unspecified atom stereocenters. The normalized spacial score (nSPS) is 11.9. The SMILES string of the molecule is Cc1ccccc1C(=O)NC(CO)C(=O)O. The van der Waals surface area contributed by atoms with Crippen molar-refractivity contribution in [3.8, 4) is 0 Å². The second-order valence-corrected chi connectivity index (χ2v) is 3.36. The molecule has 0 heterocycles. The average molecular weight is 223 g/mol. The molecular formula is C11H13NO4.